The normalized spacial score (nSPS) is 8.44. The Morgan fingerprint density at radius 3 is 1.33 bits per heavy atom. The fourth-order valence-corrected chi connectivity index (χ4v) is 0. The molecule has 3 N–H and O–H groups in total. The summed E-state index contributed by atoms with van der Waals surface area (Å²) in [6.45, 7) is 1.93. The summed E-state index contributed by atoms with van der Waals surface area (Å²) in [5.41, 5.74) is 0. The summed E-state index contributed by atoms with van der Waals surface area (Å²) in [5, 5.41) is 7.57. The van der Waals surface area contributed by atoms with E-state index in [-0.39, 0.29) is 26.1 Å². The van der Waals surface area contributed by atoms with Gasteiger partial charge in [-0.15, -0.1) is 0 Å². The molecule has 0 aromatic carbocycles. The molecule has 7 heteroatoms. The van der Waals surface area contributed by atoms with Gasteiger partial charge in [0.1, 0.15) is 0 Å². The van der Waals surface area contributed by atoms with Crippen molar-refractivity contribution in [3.63, 3.8) is 0 Å². The van der Waals surface area contributed by atoms with Crippen LogP contribution in [-0.2, 0) is 29.9 Å². The van der Waals surface area contributed by atoms with Crippen LogP contribution in [-0.4, -0.2) is 29.2 Å². The van der Waals surface area contributed by atoms with Crippen molar-refractivity contribution in [2.24, 2.45) is 0 Å². The summed E-state index contributed by atoms with van der Waals surface area (Å²) in [6, 6.07) is 0. The van der Waals surface area contributed by atoms with Crippen LogP contribution >= 0.6 is 0 Å². The average molecular weight is 210 g/mol. The molecule has 0 fully saturated rings. The van der Waals surface area contributed by atoms with Crippen molar-refractivity contribution in [3.8, 4) is 0 Å². The molecule has 0 spiro atoms. The molecule has 5 nitrogen and oxygen atoms in total. The van der Waals surface area contributed by atoms with Gasteiger partial charge >= 0.3 is 10.4 Å². The number of hydrogen-bond donors (Lipinski definition) is 3. The maximum atomic E-state index is 8.74. The maximum Gasteiger partial charge on any atom is 0.394 e. The van der Waals surface area contributed by atoms with Crippen molar-refractivity contribution in [1.82, 2.24) is 0 Å². The Morgan fingerprint density at radius 2 is 1.33 bits per heavy atom. The number of hydrogen-bond acceptors (Lipinski definition) is 3. The van der Waals surface area contributed by atoms with Crippen molar-refractivity contribution >= 4 is 10.4 Å². The van der Waals surface area contributed by atoms with Crippen molar-refractivity contribution in [2.45, 2.75) is 6.92 Å². The first kappa shape index (κ1) is 16.2. The van der Waals surface area contributed by atoms with Gasteiger partial charge in [-0.3, -0.25) is 9.11 Å². The Hall–Kier alpha value is 0.453. The van der Waals surface area contributed by atoms with Crippen molar-refractivity contribution in [1.29, 1.82) is 0 Å². The third kappa shape index (κ3) is 1710. The first-order chi connectivity index (χ1) is 3.41. The molecule has 0 aromatic heterocycles. The van der Waals surface area contributed by atoms with E-state index in [2.05, 4.69) is 0 Å². The second-order valence-electron chi connectivity index (χ2n) is 0.764. The third-order valence-electron chi connectivity index (χ3n) is 0. The smallest absolute Gasteiger partial charge is 0.394 e. The van der Waals surface area contributed by atoms with Crippen LogP contribution in [0.4, 0.5) is 0 Å². The Morgan fingerprint density at radius 1 is 1.33 bits per heavy atom. The van der Waals surface area contributed by atoms with Gasteiger partial charge in [-0.2, -0.15) is 8.42 Å². The van der Waals surface area contributed by atoms with Crippen LogP contribution in [0.2, 0.25) is 0 Å². The van der Waals surface area contributed by atoms with Crippen molar-refractivity contribution in [3.05, 3.63) is 0 Å². The van der Waals surface area contributed by atoms with E-state index in [4.69, 9.17) is 22.6 Å². The molecule has 0 saturated heterocycles. The number of aliphatic hydroxyl groups excluding tert-OH is 1. The minimum absolute atomic E-state index is 0. The number of rotatable bonds is 0. The van der Waals surface area contributed by atoms with Gasteiger partial charge in [-0.1, -0.05) is 0 Å². The zero-order valence-electron chi connectivity index (χ0n) is 4.98. The summed E-state index contributed by atoms with van der Waals surface area (Å²) in [6.07, 6.45) is 0. The standard InChI is InChI=1S/C2H6O.H2O4S.Zn/c1-2-3;1-5(2,3)4;/h3H,2H2,1H3;(H2,1,2,3,4);. The average Bonchev–Trinajstić information content (AvgIpc) is 1.27. The van der Waals surface area contributed by atoms with E-state index in [1.54, 1.807) is 6.92 Å². The molecule has 0 aliphatic carbocycles. The topological polar surface area (TPSA) is 94.8 Å². The molecular formula is C2H8O5SZn. The summed E-state index contributed by atoms with van der Waals surface area (Å²) in [4.78, 5) is 0. The Kier molecular flexibility index (Phi) is 15.2. The summed E-state index contributed by atoms with van der Waals surface area (Å²) in [5.74, 6) is 0. The van der Waals surface area contributed by atoms with Crippen LogP contribution in [0.15, 0.2) is 0 Å². The molecular weight excluding hydrogens is 201 g/mol. The molecule has 0 saturated carbocycles. The molecule has 0 aliphatic rings. The van der Waals surface area contributed by atoms with Gasteiger partial charge in [0.15, 0.2) is 0 Å². The SMILES string of the molecule is CCO.O=S(=O)(O)O.[Zn]. The van der Waals surface area contributed by atoms with Crippen LogP contribution in [0.5, 0.6) is 0 Å². The number of aliphatic hydroxyl groups is 1. The zero-order chi connectivity index (χ0) is 7.21. The Labute approximate surface area is 66.4 Å². The Bertz CT molecular complexity index is 109. The van der Waals surface area contributed by atoms with Gasteiger partial charge in [-0.25, -0.2) is 0 Å². The largest absolute Gasteiger partial charge is 0.397 e. The molecule has 54 valence electrons. The van der Waals surface area contributed by atoms with Gasteiger partial charge in [0, 0.05) is 26.1 Å². The summed E-state index contributed by atoms with van der Waals surface area (Å²) >= 11 is 0. The summed E-state index contributed by atoms with van der Waals surface area (Å²) < 4.78 is 31.6. The van der Waals surface area contributed by atoms with Gasteiger partial charge in [0.2, 0.25) is 0 Å². The van der Waals surface area contributed by atoms with Crippen LogP contribution in [0.1, 0.15) is 6.92 Å². The molecule has 0 amide bonds. The minimum atomic E-state index is -4.67. The van der Waals surface area contributed by atoms with E-state index >= 15 is 0 Å². The van der Waals surface area contributed by atoms with Crippen LogP contribution < -0.4 is 0 Å². The first-order valence-electron chi connectivity index (χ1n) is 1.72. The van der Waals surface area contributed by atoms with E-state index in [0.29, 0.717) is 0 Å². The predicted octanol–water partition coefficient (Wildman–Crippen LogP) is -0.657. The molecule has 0 atom stereocenters. The van der Waals surface area contributed by atoms with E-state index in [9.17, 15) is 0 Å². The first-order valence-corrected chi connectivity index (χ1v) is 3.12. The molecule has 0 heterocycles. The molecule has 9 heavy (non-hydrogen) atoms. The van der Waals surface area contributed by atoms with E-state index in [0.717, 1.165) is 0 Å². The molecule has 0 aromatic rings. The quantitative estimate of drug-likeness (QED) is 0.364. The fraction of sp³-hybridized carbons (Fsp3) is 1.00. The van der Waals surface area contributed by atoms with E-state index < -0.39 is 10.4 Å². The monoisotopic (exact) mass is 208 g/mol. The van der Waals surface area contributed by atoms with Crippen molar-refractivity contribution in [2.75, 3.05) is 6.61 Å². The molecule has 0 radical (unpaired) electrons. The fourth-order valence-electron chi connectivity index (χ4n) is 0. The molecule has 0 bridgehead atoms. The Balaban J connectivity index is -0.0000000800. The van der Waals surface area contributed by atoms with Gasteiger partial charge in [0.25, 0.3) is 0 Å². The second-order valence-corrected chi connectivity index (χ2v) is 1.66. The van der Waals surface area contributed by atoms with Crippen LogP contribution in [0.25, 0.3) is 0 Å². The summed E-state index contributed by atoms with van der Waals surface area (Å²) in [7, 11) is -4.67. The predicted molar refractivity (Wildman–Crippen MR) is 26.9 cm³/mol. The van der Waals surface area contributed by atoms with Crippen molar-refractivity contribution < 1.29 is 42.1 Å². The van der Waals surface area contributed by atoms with Gasteiger partial charge in [-0.05, 0) is 6.92 Å². The second kappa shape index (κ2) is 8.45. The molecule has 0 aliphatic heterocycles. The van der Waals surface area contributed by atoms with E-state index in [1.165, 1.54) is 0 Å². The molecule has 0 rings (SSSR count). The van der Waals surface area contributed by atoms with Gasteiger partial charge in [0.05, 0.1) is 0 Å². The molecule has 0 unspecified atom stereocenters. The van der Waals surface area contributed by atoms with Gasteiger partial charge < -0.3 is 5.11 Å². The van der Waals surface area contributed by atoms with E-state index in [1.807, 2.05) is 0 Å². The van der Waals surface area contributed by atoms with Crippen LogP contribution in [0, 0.1) is 0 Å². The maximum absolute atomic E-state index is 8.74. The zero-order valence-corrected chi connectivity index (χ0v) is 8.76. The minimum Gasteiger partial charge on any atom is -0.397 e. The third-order valence-corrected chi connectivity index (χ3v) is 0. The van der Waals surface area contributed by atoms with Crippen LogP contribution in [0.3, 0.4) is 0 Å².